The van der Waals surface area contributed by atoms with E-state index in [4.69, 9.17) is 0 Å². The maximum Gasteiger partial charge on any atom is 0.311 e. The van der Waals surface area contributed by atoms with Gasteiger partial charge < -0.3 is 10.4 Å². The Labute approximate surface area is 151 Å². The zero-order chi connectivity index (χ0) is 18.1. The quantitative estimate of drug-likeness (QED) is 0.576. The van der Waals surface area contributed by atoms with Crippen molar-refractivity contribution in [2.24, 2.45) is 11.8 Å². The minimum atomic E-state index is -1.17. The molecular formula is C18H14BrF2NO3. The summed E-state index contributed by atoms with van der Waals surface area (Å²) in [5, 5.41) is 12.6. The summed E-state index contributed by atoms with van der Waals surface area (Å²) >= 11 is 3.50. The van der Waals surface area contributed by atoms with E-state index in [0.717, 1.165) is 17.8 Å². The summed E-state index contributed by atoms with van der Waals surface area (Å²) in [6.45, 7) is 0. The van der Waals surface area contributed by atoms with E-state index in [1.807, 2.05) is 18.2 Å². The number of aliphatic carboxylic acids is 1. The third-order valence-corrected chi connectivity index (χ3v) is 5.14. The van der Waals surface area contributed by atoms with Gasteiger partial charge in [-0.25, -0.2) is 8.78 Å². The smallest absolute Gasteiger partial charge is 0.311 e. The molecule has 0 bridgehead atoms. The van der Waals surface area contributed by atoms with E-state index in [2.05, 4.69) is 21.2 Å². The molecular weight excluding hydrogens is 396 g/mol. The second-order valence-corrected chi connectivity index (χ2v) is 6.92. The van der Waals surface area contributed by atoms with Crippen molar-refractivity contribution in [3.63, 3.8) is 0 Å². The molecule has 3 rings (SSSR count). The van der Waals surface area contributed by atoms with Gasteiger partial charge in [-0.15, -0.1) is 0 Å². The lowest BCUT2D eigenvalue weighted by Crippen LogP contribution is -2.28. The van der Waals surface area contributed by atoms with Crippen molar-refractivity contribution < 1.29 is 23.5 Å². The molecule has 25 heavy (non-hydrogen) atoms. The van der Waals surface area contributed by atoms with Crippen LogP contribution >= 0.6 is 15.9 Å². The number of nitrogens with one attached hydrogen (secondary N) is 1. The molecule has 0 spiro atoms. The average molecular weight is 410 g/mol. The summed E-state index contributed by atoms with van der Waals surface area (Å²) < 4.78 is 26.8. The number of fused-ring (bicyclic) bond motifs is 1. The zero-order valence-electron chi connectivity index (χ0n) is 12.9. The lowest BCUT2D eigenvalue weighted by molar-refractivity contribution is -0.140. The fraction of sp³-hybridized carbons (Fsp3) is 0.222. The number of benzene rings is 1. The highest BCUT2D eigenvalue weighted by Gasteiger charge is 2.39. The monoisotopic (exact) mass is 409 g/mol. The average Bonchev–Trinajstić information content (AvgIpc) is 2.97. The summed E-state index contributed by atoms with van der Waals surface area (Å²) in [4.78, 5) is 24.0. The number of allylic oxidation sites excluding steroid dienone is 4. The number of carbonyl (C=O) groups excluding carboxylic acids is 1. The minimum Gasteiger partial charge on any atom is -0.481 e. The van der Waals surface area contributed by atoms with Crippen LogP contribution in [-0.2, 0) is 4.79 Å². The minimum absolute atomic E-state index is 0.103. The van der Waals surface area contributed by atoms with E-state index in [9.17, 15) is 23.5 Å². The van der Waals surface area contributed by atoms with Crippen molar-refractivity contribution in [1.29, 1.82) is 0 Å². The number of alkyl halides is 1. The summed E-state index contributed by atoms with van der Waals surface area (Å²) in [7, 11) is 0. The first kappa shape index (κ1) is 17.5. The highest BCUT2D eigenvalue weighted by molar-refractivity contribution is 9.09. The highest BCUT2D eigenvalue weighted by Crippen LogP contribution is 2.40. The molecule has 1 aromatic rings. The van der Waals surface area contributed by atoms with Gasteiger partial charge >= 0.3 is 5.97 Å². The molecule has 0 saturated carbocycles. The molecule has 0 radical (unpaired) electrons. The van der Waals surface area contributed by atoms with Gasteiger partial charge in [0, 0.05) is 35.1 Å². The lowest BCUT2D eigenvalue weighted by atomic mass is 9.81. The Balaban J connectivity index is 1.85. The molecule has 1 aromatic carbocycles. The molecule has 2 N–H and O–H groups in total. The fourth-order valence-electron chi connectivity index (χ4n) is 3.09. The molecule has 0 saturated heterocycles. The van der Waals surface area contributed by atoms with Gasteiger partial charge in [0.25, 0.3) is 0 Å². The number of Topliss-reactive ketones (excluding diaryl/α,β-unsaturated/α-hetero) is 1. The zero-order valence-corrected chi connectivity index (χ0v) is 14.5. The number of carboxylic acids is 1. The van der Waals surface area contributed by atoms with Crippen LogP contribution < -0.4 is 5.32 Å². The lowest BCUT2D eigenvalue weighted by Gasteiger charge is -2.25. The van der Waals surface area contributed by atoms with Gasteiger partial charge in [0.2, 0.25) is 0 Å². The molecule has 0 fully saturated rings. The van der Waals surface area contributed by atoms with Crippen LogP contribution in [0.3, 0.4) is 0 Å². The molecule has 7 heteroatoms. The van der Waals surface area contributed by atoms with E-state index >= 15 is 0 Å². The summed E-state index contributed by atoms with van der Waals surface area (Å²) in [5.41, 5.74) is 1.07. The predicted molar refractivity (Wildman–Crippen MR) is 91.1 cm³/mol. The molecule has 0 aromatic heterocycles. The molecule has 4 nitrogen and oxygen atoms in total. The molecule has 3 atom stereocenters. The van der Waals surface area contributed by atoms with Gasteiger partial charge in [-0.1, -0.05) is 28.1 Å². The SMILES string of the molecule is O=C(CC(C(=O)O)C1=CNC2=CC=CC(Br)C21)c1ccc(F)cc1F. The first-order valence-corrected chi connectivity index (χ1v) is 8.50. The topological polar surface area (TPSA) is 66.4 Å². The van der Waals surface area contributed by atoms with E-state index in [-0.39, 0.29) is 16.3 Å². The Morgan fingerprint density at radius 1 is 1.32 bits per heavy atom. The Kier molecular flexibility index (Phi) is 4.85. The van der Waals surface area contributed by atoms with Crippen LogP contribution in [0.5, 0.6) is 0 Å². The molecule has 130 valence electrons. The van der Waals surface area contributed by atoms with E-state index in [1.165, 1.54) is 0 Å². The number of hydrogen-bond donors (Lipinski definition) is 2. The van der Waals surface area contributed by atoms with Crippen molar-refractivity contribution in [3.8, 4) is 0 Å². The third kappa shape index (κ3) is 3.42. The second kappa shape index (κ2) is 6.92. The molecule has 3 unspecified atom stereocenters. The summed E-state index contributed by atoms with van der Waals surface area (Å²) in [6.07, 6.45) is 6.76. The molecule has 1 aliphatic heterocycles. The van der Waals surface area contributed by atoms with Crippen LogP contribution in [0.4, 0.5) is 8.78 Å². The molecule has 2 aliphatic rings. The summed E-state index contributed by atoms with van der Waals surface area (Å²) in [5.74, 6) is -4.96. The molecule has 1 aliphatic carbocycles. The molecule has 0 amide bonds. The van der Waals surface area contributed by atoms with Gasteiger partial charge in [-0.3, -0.25) is 9.59 Å². The van der Waals surface area contributed by atoms with Crippen LogP contribution in [0, 0.1) is 23.5 Å². The standard InChI is InChI=1S/C18H14BrF2NO3/c19-13-2-1-3-15-17(13)12(8-22-15)11(18(24)25)7-16(23)10-5-4-9(20)6-14(10)21/h1-6,8,11,13,17,22H,7H2,(H,24,25). The van der Waals surface area contributed by atoms with Gasteiger partial charge in [-0.2, -0.15) is 0 Å². The number of hydrogen-bond acceptors (Lipinski definition) is 3. The maximum absolute atomic E-state index is 13.8. The van der Waals surface area contributed by atoms with Crippen molar-refractivity contribution in [2.75, 3.05) is 0 Å². The van der Waals surface area contributed by atoms with Gasteiger partial charge in [-0.05, 0) is 23.8 Å². The second-order valence-electron chi connectivity index (χ2n) is 5.86. The normalized spacial score (nSPS) is 22.5. The Hall–Kier alpha value is -2.28. The van der Waals surface area contributed by atoms with Crippen molar-refractivity contribution in [2.45, 2.75) is 11.2 Å². The Morgan fingerprint density at radius 3 is 2.76 bits per heavy atom. The van der Waals surface area contributed by atoms with E-state index < -0.39 is 35.7 Å². The largest absolute Gasteiger partial charge is 0.481 e. The number of rotatable bonds is 5. The number of carboxylic acid groups (broad SMARTS) is 1. The van der Waals surface area contributed by atoms with Crippen molar-refractivity contribution in [3.05, 3.63) is 71.1 Å². The Bertz CT molecular complexity index is 832. The third-order valence-electron chi connectivity index (χ3n) is 4.31. The van der Waals surface area contributed by atoms with Crippen LogP contribution in [-0.4, -0.2) is 21.7 Å². The van der Waals surface area contributed by atoms with Crippen molar-refractivity contribution in [1.82, 2.24) is 5.32 Å². The van der Waals surface area contributed by atoms with Gasteiger partial charge in [0.05, 0.1) is 11.5 Å². The van der Waals surface area contributed by atoms with Crippen LogP contribution in [0.15, 0.2) is 53.9 Å². The van der Waals surface area contributed by atoms with Crippen LogP contribution in [0.1, 0.15) is 16.8 Å². The van der Waals surface area contributed by atoms with Crippen LogP contribution in [0.25, 0.3) is 0 Å². The fourth-order valence-corrected chi connectivity index (χ4v) is 3.85. The predicted octanol–water partition coefficient (Wildman–Crippen LogP) is 3.56. The highest BCUT2D eigenvalue weighted by atomic mass is 79.9. The first-order chi connectivity index (χ1) is 11.9. The van der Waals surface area contributed by atoms with Crippen molar-refractivity contribution >= 4 is 27.7 Å². The number of halogens is 3. The Morgan fingerprint density at radius 2 is 2.08 bits per heavy atom. The van der Waals surface area contributed by atoms with Gasteiger partial charge in [0.1, 0.15) is 11.6 Å². The summed E-state index contributed by atoms with van der Waals surface area (Å²) in [6, 6.07) is 2.62. The number of carbonyl (C=O) groups is 2. The maximum atomic E-state index is 13.8. The molecule has 1 heterocycles. The first-order valence-electron chi connectivity index (χ1n) is 7.58. The number of ketones is 1. The van der Waals surface area contributed by atoms with Gasteiger partial charge in [0.15, 0.2) is 5.78 Å². The van der Waals surface area contributed by atoms with E-state index in [1.54, 1.807) is 6.20 Å². The van der Waals surface area contributed by atoms with Crippen LogP contribution in [0.2, 0.25) is 0 Å². The van der Waals surface area contributed by atoms with E-state index in [0.29, 0.717) is 11.6 Å².